The second-order valence-corrected chi connectivity index (χ2v) is 2.28. The number of hydrogen-bond donors (Lipinski definition) is 1. The van der Waals surface area contributed by atoms with Gasteiger partial charge in [0.05, 0.1) is 24.4 Å². The molecule has 1 rings (SSSR count). The van der Waals surface area contributed by atoms with Crippen LogP contribution < -0.4 is 0 Å². The van der Waals surface area contributed by atoms with Crippen molar-refractivity contribution in [2.75, 3.05) is 0 Å². The fraction of sp³-hybridized carbons (Fsp3) is 0.250. The van der Waals surface area contributed by atoms with Crippen LogP contribution >= 0.6 is 0 Å². The molecule has 1 atom stereocenters. The molecule has 0 aliphatic rings. The first kappa shape index (κ1) is 8.62. The van der Waals surface area contributed by atoms with E-state index in [-0.39, 0.29) is 6.42 Å². The maximum Gasteiger partial charge on any atom is 0.141 e. The molecular weight excluding hydrogens is 159 g/mol. The van der Waals surface area contributed by atoms with Crippen molar-refractivity contribution in [3.63, 3.8) is 0 Å². The summed E-state index contributed by atoms with van der Waals surface area (Å²) >= 11 is 0. The summed E-state index contributed by atoms with van der Waals surface area (Å²) in [6, 6.07) is 4.35. The zero-order valence-electron chi connectivity index (χ0n) is 6.24. The summed E-state index contributed by atoms with van der Waals surface area (Å²) < 4.78 is 12.3. The van der Waals surface area contributed by atoms with Crippen molar-refractivity contribution in [1.29, 1.82) is 5.26 Å². The Labute approximate surface area is 69.1 Å². The van der Waals surface area contributed by atoms with Gasteiger partial charge in [-0.1, -0.05) is 0 Å². The van der Waals surface area contributed by atoms with Gasteiger partial charge in [-0.15, -0.1) is 0 Å². The summed E-state index contributed by atoms with van der Waals surface area (Å²) in [5.41, 5.74) is 0.318. The number of nitrogens with zero attached hydrogens (tertiary/aromatic N) is 2. The largest absolute Gasteiger partial charge is 0.386 e. The lowest BCUT2D eigenvalue weighted by atomic mass is 10.2. The number of aromatic nitrogens is 1. The molecule has 0 amide bonds. The monoisotopic (exact) mass is 166 g/mol. The van der Waals surface area contributed by atoms with Gasteiger partial charge in [-0.2, -0.15) is 5.26 Å². The Hall–Kier alpha value is -1.47. The van der Waals surface area contributed by atoms with E-state index in [4.69, 9.17) is 5.26 Å². The highest BCUT2D eigenvalue weighted by atomic mass is 19.1. The quantitative estimate of drug-likeness (QED) is 0.717. The van der Waals surface area contributed by atoms with Gasteiger partial charge in [0, 0.05) is 0 Å². The third-order valence-corrected chi connectivity index (χ3v) is 1.38. The number of halogens is 1. The Balaban J connectivity index is 2.76. The molecule has 0 bridgehead atoms. The van der Waals surface area contributed by atoms with E-state index < -0.39 is 11.9 Å². The predicted molar refractivity (Wildman–Crippen MR) is 39.4 cm³/mol. The molecule has 1 aromatic rings. The first-order valence-corrected chi connectivity index (χ1v) is 3.40. The maximum atomic E-state index is 12.3. The highest BCUT2D eigenvalue weighted by Crippen LogP contribution is 2.12. The van der Waals surface area contributed by atoms with E-state index in [2.05, 4.69) is 4.98 Å². The standard InChI is InChI=1S/C8H7FN2O/c9-6-1-2-7(11-5-6)8(12)3-4-10/h1-2,5,8,12H,3H2. The molecule has 0 saturated heterocycles. The van der Waals surface area contributed by atoms with Gasteiger partial charge in [0.1, 0.15) is 11.9 Å². The van der Waals surface area contributed by atoms with Gasteiger partial charge in [-0.25, -0.2) is 4.39 Å². The van der Waals surface area contributed by atoms with Crippen LogP contribution in [-0.2, 0) is 0 Å². The van der Waals surface area contributed by atoms with Crippen LogP contribution in [0.3, 0.4) is 0 Å². The Morgan fingerprint density at radius 1 is 1.67 bits per heavy atom. The van der Waals surface area contributed by atoms with Crippen LogP contribution in [0.15, 0.2) is 18.3 Å². The number of aliphatic hydroxyl groups is 1. The number of nitriles is 1. The van der Waals surface area contributed by atoms with E-state index >= 15 is 0 Å². The topological polar surface area (TPSA) is 56.9 Å². The van der Waals surface area contributed by atoms with Gasteiger partial charge in [0.15, 0.2) is 0 Å². The van der Waals surface area contributed by atoms with Crippen LogP contribution in [0.4, 0.5) is 4.39 Å². The van der Waals surface area contributed by atoms with E-state index in [0.29, 0.717) is 5.69 Å². The predicted octanol–water partition coefficient (Wildman–Crippen LogP) is 1.17. The highest BCUT2D eigenvalue weighted by molar-refractivity contribution is 5.09. The van der Waals surface area contributed by atoms with E-state index in [0.717, 1.165) is 6.20 Å². The minimum atomic E-state index is -0.921. The lowest BCUT2D eigenvalue weighted by Crippen LogP contribution is -1.98. The Morgan fingerprint density at radius 3 is 2.92 bits per heavy atom. The lowest BCUT2D eigenvalue weighted by Gasteiger charge is -2.03. The van der Waals surface area contributed by atoms with E-state index in [1.165, 1.54) is 12.1 Å². The summed E-state index contributed by atoms with van der Waals surface area (Å²) in [5, 5.41) is 17.4. The van der Waals surface area contributed by atoms with Crippen molar-refractivity contribution >= 4 is 0 Å². The molecule has 4 heteroatoms. The fourth-order valence-electron chi connectivity index (χ4n) is 0.775. The Morgan fingerprint density at radius 2 is 2.42 bits per heavy atom. The van der Waals surface area contributed by atoms with Crippen molar-refractivity contribution in [3.05, 3.63) is 29.8 Å². The lowest BCUT2D eigenvalue weighted by molar-refractivity contribution is 0.178. The molecule has 0 spiro atoms. The van der Waals surface area contributed by atoms with Gasteiger partial charge in [-0.05, 0) is 12.1 Å². The molecule has 12 heavy (non-hydrogen) atoms. The fourth-order valence-corrected chi connectivity index (χ4v) is 0.775. The van der Waals surface area contributed by atoms with Crippen LogP contribution in [0.25, 0.3) is 0 Å². The molecule has 1 unspecified atom stereocenters. The van der Waals surface area contributed by atoms with Gasteiger partial charge in [0.25, 0.3) is 0 Å². The molecule has 0 aromatic carbocycles. The zero-order chi connectivity index (χ0) is 8.97. The van der Waals surface area contributed by atoms with Crippen molar-refractivity contribution in [2.24, 2.45) is 0 Å². The second kappa shape index (κ2) is 3.79. The van der Waals surface area contributed by atoms with Gasteiger partial charge in [0.2, 0.25) is 0 Å². The molecule has 0 radical (unpaired) electrons. The van der Waals surface area contributed by atoms with Crippen molar-refractivity contribution in [3.8, 4) is 6.07 Å². The van der Waals surface area contributed by atoms with Gasteiger partial charge in [-0.3, -0.25) is 4.98 Å². The maximum absolute atomic E-state index is 12.3. The summed E-state index contributed by atoms with van der Waals surface area (Å²) in [7, 11) is 0. The average Bonchev–Trinajstić information content (AvgIpc) is 2.06. The zero-order valence-corrected chi connectivity index (χ0v) is 6.24. The van der Waals surface area contributed by atoms with Gasteiger partial charge >= 0.3 is 0 Å². The number of rotatable bonds is 2. The molecule has 62 valence electrons. The van der Waals surface area contributed by atoms with Crippen molar-refractivity contribution in [2.45, 2.75) is 12.5 Å². The Kier molecular flexibility index (Phi) is 2.72. The molecular formula is C8H7FN2O. The van der Waals surface area contributed by atoms with E-state index in [1.807, 2.05) is 0 Å². The third-order valence-electron chi connectivity index (χ3n) is 1.38. The number of pyridine rings is 1. The first-order valence-electron chi connectivity index (χ1n) is 3.40. The molecule has 3 nitrogen and oxygen atoms in total. The molecule has 0 aliphatic carbocycles. The van der Waals surface area contributed by atoms with Crippen LogP contribution in [0.2, 0.25) is 0 Å². The van der Waals surface area contributed by atoms with Gasteiger partial charge < -0.3 is 5.11 Å². The summed E-state index contributed by atoms with van der Waals surface area (Å²) in [6.45, 7) is 0. The van der Waals surface area contributed by atoms with Crippen molar-refractivity contribution < 1.29 is 9.50 Å². The van der Waals surface area contributed by atoms with Crippen LogP contribution in [0.1, 0.15) is 18.2 Å². The molecule has 1 aromatic heterocycles. The number of hydrogen-bond acceptors (Lipinski definition) is 3. The normalized spacial score (nSPS) is 12.1. The summed E-state index contributed by atoms with van der Waals surface area (Å²) in [5.74, 6) is -0.456. The highest BCUT2D eigenvalue weighted by Gasteiger charge is 2.07. The molecule has 0 aliphatic heterocycles. The first-order chi connectivity index (χ1) is 5.74. The second-order valence-electron chi connectivity index (χ2n) is 2.28. The Bertz CT molecular complexity index is 291. The average molecular weight is 166 g/mol. The van der Waals surface area contributed by atoms with Crippen LogP contribution in [0.5, 0.6) is 0 Å². The minimum absolute atomic E-state index is 0.0291. The smallest absolute Gasteiger partial charge is 0.141 e. The SMILES string of the molecule is N#CCC(O)c1ccc(F)cn1. The molecule has 1 heterocycles. The van der Waals surface area contributed by atoms with Crippen LogP contribution in [-0.4, -0.2) is 10.1 Å². The van der Waals surface area contributed by atoms with Crippen molar-refractivity contribution in [1.82, 2.24) is 4.98 Å². The molecule has 0 saturated carbocycles. The summed E-state index contributed by atoms with van der Waals surface area (Å²) in [4.78, 5) is 3.62. The van der Waals surface area contributed by atoms with E-state index in [9.17, 15) is 9.50 Å². The third kappa shape index (κ3) is 2.01. The number of aliphatic hydroxyl groups excluding tert-OH is 1. The summed E-state index contributed by atoms with van der Waals surface area (Å²) in [6.07, 6.45) is 0.0600. The minimum Gasteiger partial charge on any atom is -0.386 e. The molecule has 0 fully saturated rings. The van der Waals surface area contributed by atoms with Crippen LogP contribution in [0, 0.1) is 17.1 Å². The van der Waals surface area contributed by atoms with E-state index in [1.54, 1.807) is 6.07 Å². The molecule has 1 N–H and O–H groups in total.